The van der Waals surface area contributed by atoms with Crippen molar-refractivity contribution in [3.8, 4) is 0 Å². The molecule has 1 fully saturated rings. The van der Waals surface area contributed by atoms with E-state index in [4.69, 9.17) is 0 Å². The van der Waals surface area contributed by atoms with Crippen molar-refractivity contribution in [3.05, 3.63) is 83.3 Å². The van der Waals surface area contributed by atoms with Gasteiger partial charge < -0.3 is 4.90 Å². The van der Waals surface area contributed by atoms with Crippen molar-refractivity contribution in [1.29, 1.82) is 0 Å². The normalized spacial score (nSPS) is 15.3. The Morgan fingerprint density at radius 1 is 0.943 bits per heavy atom. The highest BCUT2D eigenvalue weighted by molar-refractivity contribution is 7.89. The molecule has 2 aromatic heterocycles. The molecule has 0 saturated carbocycles. The lowest BCUT2D eigenvalue weighted by Gasteiger charge is -2.36. The summed E-state index contributed by atoms with van der Waals surface area (Å²) in [5, 5.41) is 4.44. The van der Waals surface area contributed by atoms with Crippen molar-refractivity contribution >= 4 is 21.6 Å². The number of benzene rings is 2. The SMILES string of the molecule is Cc1nc2ncnn2c(N2CCN(S(=O)(=O)c3ccc(C(C)C)cc3)CC2)c1Cc1ccccc1. The molecule has 0 N–H and O–H groups in total. The predicted octanol–water partition coefficient (Wildman–Crippen LogP) is 3.66. The summed E-state index contributed by atoms with van der Waals surface area (Å²) in [6, 6.07) is 17.5. The fraction of sp³-hybridized carbons (Fsp3) is 0.346. The molecule has 1 aliphatic heterocycles. The highest BCUT2D eigenvalue weighted by Crippen LogP contribution is 2.28. The highest BCUT2D eigenvalue weighted by atomic mass is 32.2. The van der Waals surface area contributed by atoms with Crippen molar-refractivity contribution in [1.82, 2.24) is 23.9 Å². The van der Waals surface area contributed by atoms with E-state index in [9.17, 15) is 8.42 Å². The summed E-state index contributed by atoms with van der Waals surface area (Å²) in [5.41, 5.74) is 4.30. The molecule has 2 aromatic carbocycles. The van der Waals surface area contributed by atoms with Gasteiger partial charge in [0, 0.05) is 43.9 Å². The Morgan fingerprint density at radius 2 is 1.63 bits per heavy atom. The van der Waals surface area contributed by atoms with Gasteiger partial charge in [0.15, 0.2) is 0 Å². The molecule has 3 heterocycles. The number of aryl methyl sites for hydroxylation is 1. The van der Waals surface area contributed by atoms with Crippen LogP contribution in [0, 0.1) is 6.92 Å². The first-order chi connectivity index (χ1) is 16.8. The Bertz CT molecular complexity index is 1420. The summed E-state index contributed by atoms with van der Waals surface area (Å²) in [7, 11) is -3.55. The summed E-state index contributed by atoms with van der Waals surface area (Å²) < 4.78 is 30.0. The lowest BCUT2D eigenvalue weighted by molar-refractivity contribution is 0.382. The number of piperazine rings is 1. The maximum atomic E-state index is 13.3. The molecule has 0 bridgehead atoms. The minimum Gasteiger partial charge on any atom is -0.354 e. The monoisotopic (exact) mass is 490 g/mol. The summed E-state index contributed by atoms with van der Waals surface area (Å²) >= 11 is 0. The topological polar surface area (TPSA) is 83.7 Å². The second-order valence-electron chi connectivity index (χ2n) is 9.25. The van der Waals surface area contributed by atoms with E-state index in [0.29, 0.717) is 49.2 Å². The molecule has 1 aliphatic rings. The smallest absolute Gasteiger partial charge is 0.254 e. The third-order valence-electron chi connectivity index (χ3n) is 6.65. The largest absolute Gasteiger partial charge is 0.354 e. The molecule has 9 heteroatoms. The second kappa shape index (κ2) is 9.39. The van der Waals surface area contributed by atoms with Crippen LogP contribution in [0.5, 0.6) is 0 Å². The average molecular weight is 491 g/mol. The molecule has 0 spiro atoms. The van der Waals surface area contributed by atoms with Crippen molar-refractivity contribution < 1.29 is 8.42 Å². The standard InChI is InChI=1S/C26H30N6O2S/c1-19(2)22-9-11-23(12-10-22)35(33,34)31-15-13-30(14-16-31)25-24(17-21-7-5-4-6-8-21)20(3)29-26-27-18-28-32(25)26/h4-12,18-19H,13-17H2,1-3H3. The van der Waals surface area contributed by atoms with Gasteiger partial charge in [-0.3, -0.25) is 0 Å². The minimum atomic E-state index is -3.55. The number of fused-ring (bicyclic) bond motifs is 1. The van der Waals surface area contributed by atoms with Crippen LogP contribution in [-0.2, 0) is 16.4 Å². The van der Waals surface area contributed by atoms with Crippen LogP contribution in [0.3, 0.4) is 0 Å². The van der Waals surface area contributed by atoms with Crippen molar-refractivity contribution in [2.45, 2.75) is 38.0 Å². The van der Waals surface area contributed by atoms with Crippen molar-refractivity contribution in [2.24, 2.45) is 0 Å². The Kier molecular flexibility index (Phi) is 6.29. The molecule has 5 rings (SSSR count). The van der Waals surface area contributed by atoms with Gasteiger partial charge in [-0.15, -0.1) is 0 Å². The maximum Gasteiger partial charge on any atom is 0.254 e. The quantitative estimate of drug-likeness (QED) is 0.410. The van der Waals surface area contributed by atoms with Crippen molar-refractivity contribution in [2.75, 3.05) is 31.1 Å². The Morgan fingerprint density at radius 3 is 2.29 bits per heavy atom. The highest BCUT2D eigenvalue weighted by Gasteiger charge is 2.31. The van der Waals surface area contributed by atoms with Gasteiger partial charge in [-0.1, -0.05) is 56.3 Å². The van der Waals surface area contributed by atoms with E-state index in [1.807, 2.05) is 37.3 Å². The number of aromatic nitrogens is 4. The van der Waals surface area contributed by atoms with Gasteiger partial charge in [-0.05, 0) is 36.1 Å². The van der Waals surface area contributed by atoms with Gasteiger partial charge in [-0.2, -0.15) is 18.9 Å². The first-order valence-corrected chi connectivity index (χ1v) is 13.4. The van der Waals surface area contributed by atoms with Crippen LogP contribution in [0.1, 0.15) is 42.1 Å². The Balaban J connectivity index is 1.42. The number of rotatable bonds is 6. The Labute approximate surface area is 206 Å². The predicted molar refractivity (Wildman–Crippen MR) is 136 cm³/mol. The molecule has 0 amide bonds. The van der Waals surface area contributed by atoms with Gasteiger partial charge in [0.05, 0.1) is 4.90 Å². The van der Waals surface area contributed by atoms with Crippen LogP contribution in [0.25, 0.3) is 5.78 Å². The fourth-order valence-electron chi connectivity index (χ4n) is 4.61. The van der Waals surface area contributed by atoms with Crippen molar-refractivity contribution in [3.63, 3.8) is 0 Å². The molecular formula is C26H30N6O2S. The van der Waals surface area contributed by atoms with Gasteiger partial charge in [0.25, 0.3) is 5.78 Å². The molecule has 182 valence electrons. The molecule has 1 saturated heterocycles. The molecule has 0 unspecified atom stereocenters. The van der Waals surface area contributed by atoms with Crippen LogP contribution in [-0.4, -0.2) is 58.5 Å². The number of hydrogen-bond acceptors (Lipinski definition) is 6. The average Bonchev–Trinajstić information content (AvgIpc) is 3.33. The van der Waals surface area contributed by atoms with Crippen LogP contribution in [0.2, 0.25) is 0 Å². The van der Waals surface area contributed by atoms with E-state index < -0.39 is 10.0 Å². The van der Waals surface area contributed by atoms with Crippen LogP contribution >= 0.6 is 0 Å². The number of sulfonamides is 1. The molecule has 0 atom stereocenters. The lowest BCUT2D eigenvalue weighted by atomic mass is 10.0. The van der Waals surface area contributed by atoms with E-state index in [1.165, 1.54) is 11.9 Å². The number of hydrogen-bond donors (Lipinski definition) is 0. The van der Waals surface area contributed by atoms with E-state index in [1.54, 1.807) is 21.0 Å². The summed E-state index contributed by atoms with van der Waals surface area (Å²) in [6.45, 7) is 8.11. The second-order valence-corrected chi connectivity index (χ2v) is 11.2. The van der Waals surface area contributed by atoms with Gasteiger partial charge in [0.1, 0.15) is 12.1 Å². The van der Waals surface area contributed by atoms with E-state index in [2.05, 4.69) is 45.9 Å². The molecule has 35 heavy (non-hydrogen) atoms. The first kappa shape index (κ1) is 23.4. The zero-order valence-corrected chi connectivity index (χ0v) is 21.1. The Hall–Kier alpha value is -3.30. The summed E-state index contributed by atoms with van der Waals surface area (Å²) in [4.78, 5) is 11.5. The summed E-state index contributed by atoms with van der Waals surface area (Å²) in [5.74, 6) is 1.85. The molecule has 0 aliphatic carbocycles. The van der Waals surface area contributed by atoms with Crippen LogP contribution in [0.15, 0.2) is 65.8 Å². The third kappa shape index (κ3) is 4.53. The minimum absolute atomic E-state index is 0.346. The van der Waals surface area contributed by atoms with E-state index in [-0.39, 0.29) is 0 Å². The lowest BCUT2D eigenvalue weighted by Crippen LogP contribution is -2.49. The van der Waals surface area contributed by atoms with E-state index >= 15 is 0 Å². The number of nitrogens with zero attached hydrogens (tertiary/aromatic N) is 6. The van der Waals surface area contributed by atoms with Gasteiger partial charge in [0.2, 0.25) is 10.0 Å². The van der Waals surface area contributed by atoms with Crippen LogP contribution in [0.4, 0.5) is 5.82 Å². The molecule has 0 radical (unpaired) electrons. The van der Waals surface area contributed by atoms with Crippen LogP contribution < -0.4 is 4.90 Å². The van der Waals surface area contributed by atoms with E-state index in [0.717, 1.165) is 22.6 Å². The number of anilines is 1. The van der Waals surface area contributed by atoms with Gasteiger partial charge in [-0.25, -0.2) is 13.4 Å². The maximum absolute atomic E-state index is 13.3. The zero-order valence-electron chi connectivity index (χ0n) is 20.3. The third-order valence-corrected chi connectivity index (χ3v) is 8.56. The first-order valence-electron chi connectivity index (χ1n) is 11.9. The summed E-state index contributed by atoms with van der Waals surface area (Å²) in [6.07, 6.45) is 2.23. The fourth-order valence-corrected chi connectivity index (χ4v) is 6.04. The molecule has 4 aromatic rings. The molecular weight excluding hydrogens is 460 g/mol. The molecule has 8 nitrogen and oxygen atoms in total. The zero-order chi connectivity index (χ0) is 24.6. The van der Waals surface area contributed by atoms with Gasteiger partial charge >= 0.3 is 0 Å².